The fraction of sp³-hybridized carbons (Fsp3) is 0.522. The average Bonchev–Trinajstić information content (AvgIpc) is 2.70. The Morgan fingerprint density at radius 3 is 2.27 bits per heavy atom. The highest BCUT2D eigenvalue weighted by Gasteiger charge is 2.26. The van der Waals surface area contributed by atoms with Gasteiger partial charge in [-0.2, -0.15) is 0 Å². The van der Waals surface area contributed by atoms with Crippen molar-refractivity contribution >= 4 is 11.8 Å². The average molecular weight is 414 g/mol. The van der Waals surface area contributed by atoms with Crippen molar-refractivity contribution in [2.45, 2.75) is 53.0 Å². The lowest BCUT2D eigenvalue weighted by molar-refractivity contribution is 0.191. The van der Waals surface area contributed by atoms with Crippen LogP contribution in [0.1, 0.15) is 56.3 Å². The normalized spacial score (nSPS) is 14.5. The fourth-order valence-corrected chi connectivity index (χ4v) is 3.78. The molecule has 0 saturated carbocycles. The molecule has 0 radical (unpaired) electrons. The zero-order chi connectivity index (χ0) is 21.8. The number of piperazine rings is 1. The van der Waals surface area contributed by atoms with Gasteiger partial charge in [-0.15, -0.1) is 0 Å². The van der Waals surface area contributed by atoms with Gasteiger partial charge in [0, 0.05) is 44.2 Å². The van der Waals surface area contributed by atoms with Gasteiger partial charge in [-0.1, -0.05) is 26.0 Å². The van der Waals surface area contributed by atoms with Crippen LogP contribution >= 0.6 is 0 Å². The van der Waals surface area contributed by atoms with Gasteiger partial charge in [0.2, 0.25) is 0 Å². The second-order valence-corrected chi connectivity index (χ2v) is 8.49. The first kappa shape index (κ1) is 22.0. The van der Waals surface area contributed by atoms with E-state index in [9.17, 15) is 9.18 Å². The Labute approximate surface area is 178 Å². The Balaban J connectivity index is 1.87. The lowest BCUT2D eigenvalue weighted by Gasteiger charge is -2.37. The quantitative estimate of drug-likeness (QED) is 0.808. The number of aryl methyl sites for hydroxylation is 1. The van der Waals surface area contributed by atoms with E-state index in [0.29, 0.717) is 19.5 Å². The summed E-state index contributed by atoms with van der Waals surface area (Å²) in [5.74, 6) is 1.69. The van der Waals surface area contributed by atoms with Crippen LogP contribution in [0.3, 0.4) is 0 Å². The van der Waals surface area contributed by atoms with Crippen molar-refractivity contribution in [3.05, 3.63) is 52.7 Å². The van der Waals surface area contributed by atoms with Gasteiger partial charge in [0.15, 0.2) is 0 Å². The zero-order valence-corrected chi connectivity index (χ0v) is 18.6. The topological polar surface area (TPSA) is 61.4 Å². The molecule has 1 aromatic heterocycles. The summed E-state index contributed by atoms with van der Waals surface area (Å²) in [4.78, 5) is 26.0. The highest BCUT2D eigenvalue weighted by molar-refractivity contribution is 5.74. The minimum absolute atomic E-state index is 0.0158. The second-order valence-electron chi connectivity index (χ2n) is 8.49. The SMILES string of the molecule is Cc1nc(C(C)C)c(Cc2ccc(F)cc2)c(N2CCN(C(=O)NC(C)C)CC2)n1. The predicted molar refractivity (Wildman–Crippen MR) is 118 cm³/mol. The lowest BCUT2D eigenvalue weighted by atomic mass is 9.97. The van der Waals surface area contributed by atoms with E-state index in [2.05, 4.69) is 24.1 Å². The third-order valence-electron chi connectivity index (χ3n) is 5.25. The molecule has 0 aliphatic carbocycles. The summed E-state index contributed by atoms with van der Waals surface area (Å²) in [6.45, 7) is 12.8. The van der Waals surface area contributed by atoms with E-state index in [4.69, 9.17) is 9.97 Å². The van der Waals surface area contributed by atoms with Crippen molar-refractivity contribution in [2.75, 3.05) is 31.1 Å². The summed E-state index contributed by atoms with van der Waals surface area (Å²) in [6.07, 6.45) is 0.650. The van der Waals surface area contributed by atoms with Crippen LogP contribution in [0.2, 0.25) is 0 Å². The molecule has 30 heavy (non-hydrogen) atoms. The maximum Gasteiger partial charge on any atom is 0.317 e. The van der Waals surface area contributed by atoms with Crippen molar-refractivity contribution in [3.8, 4) is 0 Å². The summed E-state index contributed by atoms with van der Waals surface area (Å²) in [5, 5.41) is 2.96. The van der Waals surface area contributed by atoms with Crippen LogP contribution in [0, 0.1) is 12.7 Å². The Kier molecular flexibility index (Phi) is 6.90. The van der Waals surface area contributed by atoms with E-state index < -0.39 is 0 Å². The molecule has 0 unspecified atom stereocenters. The van der Waals surface area contributed by atoms with Gasteiger partial charge in [0.25, 0.3) is 0 Å². The number of hydrogen-bond donors (Lipinski definition) is 1. The Morgan fingerprint density at radius 1 is 1.07 bits per heavy atom. The first-order chi connectivity index (χ1) is 14.2. The standard InChI is InChI=1S/C23H32FN5O/c1-15(2)21-20(14-18-6-8-19(24)9-7-18)22(27-17(5)26-21)28-10-12-29(13-11-28)23(30)25-16(3)4/h6-9,15-16H,10-14H2,1-5H3,(H,25,30). The second kappa shape index (κ2) is 9.41. The molecule has 1 aliphatic heterocycles. The number of rotatable bonds is 5. The summed E-state index contributed by atoms with van der Waals surface area (Å²) in [7, 11) is 0. The highest BCUT2D eigenvalue weighted by Crippen LogP contribution is 2.29. The molecule has 1 aromatic carbocycles. The van der Waals surface area contributed by atoms with E-state index in [-0.39, 0.29) is 23.8 Å². The van der Waals surface area contributed by atoms with Gasteiger partial charge in [-0.25, -0.2) is 19.2 Å². The molecule has 2 aromatic rings. The minimum atomic E-state index is -0.237. The van der Waals surface area contributed by atoms with E-state index in [1.165, 1.54) is 12.1 Å². The van der Waals surface area contributed by atoms with Crippen LogP contribution < -0.4 is 10.2 Å². The number of carbonyl (C=O) groups is 1. The van der Waals surface area contributed by atoms with Crippen LogP contribution in [-0.2, 0) is 6.42 Å². The minimum Gasteiger partial charge on any atom is -0.353 e. The molecule has 162 valence electrons. The van der Waals surface area contributed by atoms with E-state index in [1.807, 2.05) is 37.8 Å². The van der Waals surface area contributed by atoms with E-state index in [0.717, 1.165) is 41.6 Å². The molecule has 7 heteroatoms. The number of aromatic nitrogens is 2. The number of carbonyl (C=O) groups excluding carboxylic acids is 1. The molecular formula is C23H32FN5O. The monoisotopic (exact) mass is 413 g/mol. The number of hydrogen-bond acceptors (Lipinski definition) is 4. The maximum atomic E-state index is 13.4. The van der Waals surface area contributed by atoms with Crippen LogP contribution in [0.25, 0.3) is 0 Å². The number of nitrogens with zero attached hydrogens (tertiary/aromatic N) is 4. The van der Waals surface area contributed by atoms with E-state index >= 15 is 0 Å². The van der Waals surface area contributed by atoms with Crippen molar-refractivity contribution < 1.29 is 9.18 Å². The summed E-state index contributed by atoms with van der Waals surface area (Å²) in [6, 6.07) is 6.72. The summed E-state index contributed by atoms with van der Waals surface area (Å²) >= 11 is 0. The van der Waals surface area contributed by atoms with Gasteiger partial charge in [0.1, 0.15) is 17.5 Å². The third kappa shape index (κ3) is 5.26. The highest BCUT2D eigenvalue weighted by atomic mass is 19.1. The van der Waals surface area contributed by atoms with Crippen molar-refractivity contribution in [2.24, 2.45) is 0 Å². The molecule has 1 aliphatic rings. The number of anilines is 1. The molecule has 0 bridgehead atoms. The van der Waals surface area contributed by atoms with Crippen molar-refractivity contribution in [1.82, 2.24) is 20.2 Å². The lowest BCUT2D eigenvalue weighted by Crippen LogP contribution is -2.53. The Morgan fingerprint density at radius 2 is 1.70 bits per heavy atom. The summed E-state index contributed by atoms with van der Waals surface area (Å²) in [5.41, 5.74) is 3.14. The van der Waals surface area contributed by atoms with Gasteiger partial charge in [0.05, 0.1) is 5.69 Å². The number of urea groups is 1. The largest absolute Gasteiger partial charge is 0.353 e. The zero-order valence-electron chi connectivity index (χ0n) is 18.6. The van der Waals surface area contributed by atoms with Crippen LogP contribution in [0.5, 0.6) is 0 Å². The van der Waals surface area contributed by atoms with Gasteiger partial charge >= 0.3 is 6.03 Å². The van der Waals surface area contributed by atoms with Gasteiger partial charge in [-0.05, 0) is 44.4 Å². The number of halogens is 1. The molecule has 2 amide bonds. The molecule has 0 atom stereocenters. The smallest absolute Gasteiger partial charge is 0.317 e. The number of nitrogens with one attached hydrogen (secondary N) is 1. The third-order valence-corrected chi connectivity index (χ3v) is 5.25. The molecule has 3 rings (SSSR count). The van der Waals surface area contributed by atoms with Gasteiger partial charge in [-0.3, -0.25) is 0 Å². The Bertz CT molecular complexity index is 874. The first-order valence-corrected chi connectivity index (χ1v) is 10.7. The molecule has 6 nitrogen and oxygen atoms in total. The molecule has 1 fully saturated rings. The molecule has 1 saturated heterocycles. The molecular weight excluding hydrogens is 381 g/mol. The van der Waals surface area contributed by atoms with Crippen molar-refractivity contribution in [3.63, 3.8) is 0 Å². The van der Waals surface area contributed by atoms with Crippen LogP contribution in [-0.4, -0.2) is 53.1 Å². The Hall–Kier alpha value is -2.70. The van der Waals surface area contributed by atoms with Crippen LogP contribution in [0.4, 0.5) is 15.0 Å². The van der Waals surface area contributed by atoms with Gasteiger partial charge < -0.3 is 15.1 Å². The maximum absolute atomic E-state index is 13.4. The van der Waals surface area contributed by atoms with Crippen molar-refractivity contribution in [1.29, 1.82) is 0 Å². The number of benzene rings is 1. The summed E-state index contributed by atoms with van der Waals surface area (Å²) < 4.78 is 13.4. The fourth-order valence-electron chi connectivity index (χ4n) is 3.78. The predicted octanol–water partition coefficient (Wildman–Crippen LogP) is 3.88. The molecule has 1 N–H and O–H groups in total. The molecule has 2 heterocycles. The number of amides is 2. The van der Waals surface area contributed by atoms with E-state index in [1.54, 1.807) is 0 Å². The van der Waals surface area contributed by atoms with Crippen LogP contribution in [0.15, 0.2) is 24.3 Å². The molecule has 0 spiro atoms. The first-order valence-electron chi connectivity index (χ1n) is 10.7.